The predicted octanol–water partition coefficient (Wildman–Crippen LogP) is 1.97. The fourth-order valence-electron chi connectivity index (χ4n) is 3.90. The molecule has 0 spiro atoms. The maximum absolute atomic E-state index is 12.2. The van der Waals surface area contributed by atoms with Gasteiger partial charge in [-0.2, -0.15) is 0 Å². The molecule has 0 aliphatic heterocycles. The van der Waals surface area contributed by atoms with Gasteiger partial charge in [0.2, 0.25) is 0 Å². The number of amides is 2. The Kier molecular flexibility index (Phi) is 6.34. The van der Waals surface area contributed by atoms with Crippen LogP contribution in [0.2, 0.25) is 0 Å². The molecule has 4 rings (SSSR count). The lowest BCUT2D eigenvalue weighted by atomic mass is 9.98. The SMILES string of the molecule is CN(CC(=O)O)C(=O)c1cn(CCNC(=O)OCC2c3ccccc3-c3ccccc32)nn1. The molecule has 170 valence electrons. The molecular weight excluding hydrogens is 426 g/mol. The molecule has 0 fully saturated rings. The van der Waals surface area contributed by atoms with E-state index in [9.17, 15) is 14.4 Å². The summed E-state index contributed by atoms with van der Waals surface area (Å²) in [7, 11) is 1.37. The third kappa shape index (κ3) is 4.84. The summed E-state index contributed by atoms with van der Waals surface area (Å²) >= 11 is 0. The fourth-order valence-corrected chi connectivity index (χ4v) is 3.90. The number of fused-ring (bicyclic) bond motifs is 3. The molecule has 1 heterocycles. The van der Waals surface area contributed by atoms with E-state index < -0.39 is 24.5 Å². The van der Waals surface area contributed by atoms with Gasteiger partial charge in [-0.15, -0.1) is 5.10 Å². The van der Waals surface area contributed by atoms with E-state index in [1.807, 2.05) is 24.3 Å². The molecule has 1 aromatic heterocycles. The van der Waals surface area contributed by atoms with E-state index in [2.05, 4.69) is 39.9 Å². The average Bonchev–Trinajstić information content (AvgIpc) is 3.40. The van der Waals surface area contributed by atoms with Crippen molar-refractivity contribution in [1.82, 2.24) is 25.2 Å². The predicted molar refractivity (Wildman–Crippen MR) is 118 cm³/mol. The number of hydrogen-bond donors (Lipinski definition) is 2. The largest absolute Gasteiger partial charge is 0.480 e. The van der Waals surface area contributed by atoms with Gasteiger partial charge in [0.1, 0.15) is 13.2 Å². The summed E-state index contributed by atoms with van der Waals surface area (Å²) in [6.45, 7) is 0.276. The smallest absolute Gasteiger partial charge is 0.407 e. The summed E-state index contributed by atoms with van der Waals surface area (Å²) in [6.07, 6.45) is 0.856. The summed E-state index contributed by atoms with van der Waals surface area (Å²) < 4.78 is 6.87. The second kappa shape index (κ2) is 9.51. The van der Waals surface area contributed by atoms with Crippen LogP contribution in [0.3, 0.4) is 0 Å². The monoisotopic (exact) mass is 449 g/mol. The van der Waals surface area contributed by atoms with Crippen molar-refractivity contribution in [3.05, 3.63) is 71.5 Å². The number of likely N-dealkylation sites (N-methyl/N-ethyl adjacent to an activating group) is 1. The standard InChI is InChI=1S/C23H23N5O5/c1-27(13-21(29)30)22(31)20-12-28(26-25-20)11-10-24-23(32)33-14-19-17-8-4-2-6-15(17)16-7-3-5-9-18(16)19/h2-9,12,19H,10-11,13-14H2,1H3,(H,24,32)(H,29,30). The van der Waals surface area contributed by atoms with Gasteiger partial charge in [0.15, 0.2) is 5.69 Å². The van der Waals surface area contributed by atoms with E-state index in [0.29, 0.717) is 0 Å². The van der Waals surface area contributed by atoms with Crippen molar-refractivity contribution in [1.29, 1.82) is 0 Å². The van der Waals surface area contributed by atoms with Crippen molar-refractivity contribution < 1.29 is 24.2 Å². The highest BCUT2D eigenvalue weighted by molar-refractivity contribution is 5.93. The van der Waals surface area contributed by atoms with Crippen LogP contribution >= 0.6 is 0 Å². The zero-order chi connectivity index (χ0) is 23.4. The van der Waals surface area contributed by atoms with Crippen LogP contribution in [0.1, 0.15) is 27.5 Å². The molecule has 2 amide bonds. The second-order valence-corrected chi connectivity index (χ2v) is 7.67. The molecule has 1 aliphatic rings. The van der Waals surface area contributed by atoms with Crippen LogP contribution in [-0.2, 0) is 16.1 Å². The number of rotatable bonds is 8. The van der Waals surface area contributed by atoms with Gasteiger partial charge in [-0.1, -0.05) is 53.7 Å². The van der Waals surface area contributed by atoms with E-state index in [4.69, 9.17) is 9.84 Å². The molecule has 0 bridgehead atoms. The van der Waals surface area contributed by atoms with Gasteiger partial charge in [0, 0.05) is 19.5 Å². The molecule has 33 heavy (non-hydrogen) atoms. The Morgan fingerprint density at radius 3 is 2.36 bits per heavy atom. The average molecular weight is 449 g/mol. The molecule has 0 saturated heterocycles. The third-order valence-electron chi connectivity index (χ3n) is 5.43. The van der Waals surface area contributed by atoms with Crippen molar-refractivity contribution in [2.24, 2.45) is 0 Å². The quantitative estimate of drug-likeness (QED) is 0.538. The number of carboxylic acid groups (broad SMARTS) is 1. The highest BCUT2D eigenvalue weighted by atomic mass is 16.5. The van der Waals surface area contributed by atoms with E-state index in [1.54, 1.807) is 0 Å². The van der Waals surface area contributed by atoms with Crippen molar-refractivity contribution in [2.75, 3.05) is 26.7 Å². The minimum Gasteiger partial charge on any atom is -0.480 e. The highest BCUT2D eigenvalue weighted by Crippen LogP contribution is 2.44. The first-order valence-electron chi connectivity index (χ1n) is 10.4. The Balaban J connectivity index is 1.27. The van der Waals surface area contributed by atoms with Crippen LogP contribution in [0.5, 0.6) is 0 Å². The van der Waals surface area contributed by atoms with Gasteiger partial charge in [-0.3, -0.25) is 9.59 Å². The fraction of sp³-hybridized carbons (Fsp3) is 0.261. The summed E-state index contributed by atoms with van der Waals surface area (Å²) in [4.78, 5) is 36.1. The van der Waals surface area contributed by atoms with Crippen LogP contribution in [0.4, 0.5) is 4.79 Å². The van der Waals surface area contributed by atoms with Crippen molar-refractivity contribution >= 4 is 18.0 Å². The van der Waals surface area contributed by atoms with E-state index in [-0.39, 0.29) is 31.3 Å². The van der Waals surface area contributed by atoms with E-state index in [0.717, 1.165) is 27.2 Å². The summed E-state index contributed by atoms with van der Waals surface area (Å²) in [5, 5.41) is 19.0. The lowest BCUT2D eigenvalue weighted by Crippen LogP contribution is -2.32. The van der Waals surface area contributed by atoms with Crippen LogP contribution in [0, 0.1) is 0 Å². The van der Waals surface area contributed by atoms with Crippen LogP contribution in [0.15, 0.2) is 54.7 Å². The Morgan fingerprint density at radius 2 is 1.73 bits per heavy atom. The van der Waals surface area contributed by atoms with E-state index >= 15 is 0 Å². The number of aliphatic carboxylic acids is 1. The van der Waals surface area contributed by atoms with Crippen LogP contribution in [0.25, 0.3) is 11.1 Å². The Labute approximate surface area is 189 Å². The normalized spacial score (nSPS) is 12.0. The molecule has 0 atom stereocenters. The van der Waals surface area contributed by atoms with Gasteiger partial charge in [0.25, 0.3) is 5.91 Å². The van der Waals surface area contributed by atoms with Crippen molar-refractivity contribution in [2.45, 2.75) is 12.5 Å². The summed E-state index contributed by atoms with van der Waals surface area (Å²) in [5.41, 5.74) is 4.62. The number of ether oxygens (including phenoxy) is 1. The second-order valence-electron chi connectivity index (χ2n) is 7.67. The van der Waals surface area contributed by atoms with Gasteiger partial charge < -0.3 is 20.1 Å². The zero-order valence-electron chi connectivity index (χ0n) is 18.0. The number of nitrogens with zero attached hydrogens (tertiary/aromatic N) is 4. The Bertz CT molecular complexity index is 1150. The maximum atomic E-state index is 12.2. The molecule has 0 radical (unpaired) electrons. The van der Waals surface area contributed by atoms with Gasteiger partial charge in [-0.25, -0.2) is 9.48 Å². The number of aromatic nitrogens is 3. The number of alkyl carbamates (subject to hydrolysis) is 1. The maximum Gasteiger partial charge on any atom is 0.407 e. The Morgan fingerprint density at radius 1 is 1.09 bits per heavy atom. The lowest BCUT2D eigenvalue weighted by Gasteiger charge is -2.14. The van der Waals surface area contributed by atoms with Crippen LogP contribution < -0.4 is 5.32 Å². The molecule has 3 aromatic rings. The summed E-state index contributed by atoms with van der Waals surface area (Å²) in [5.74, 6) is -1.69. The number of nitrogens with one attached hydrogen (secondary N) is 1. The molecule has 0 saturated carbocycles. The Hall–Kier alpha value is -4.21. The lowest BCUT2D eigenvalue weighted by molar-refractivity contribution is -0.137. The number of carboxylic acids is 1. The van der Waals surface area contributed by atoms with Crippen LogP contribution in [-0.4, -0.2) is 69.7 Å². The number of hydrogen-bond acceptors (Lipinski definition) is 6. The first-order valence-corrected chi connectivity index (χ1v) is 10.4. The van der Waals surface area contributed by atoms with Gasteiger partial charge in [-0.05, 0) is 22.3 Å². The minimum atomic E-state index is -1.12. The topological polar surface area (TPSA) is 127 Å². The third-order valence-corrected chi connectivity index (χ3v) is 5.43. The molecule has 0 unspecified atom stereocenters. The minimum absolute atomic E-state index is 0.0187. The molecule has 10 heteroatoms. The van der Waals surface area contributed by atoms with E-state index in [1.165, 1.54) is 17.9 Å². The first-order chi connectivity index (χ1) is 15.9. The zero-order valence-corrected chi connectivity index (χ0v) is 18.0. The van der Waals surface area contributed by atoms with Crippen molar-refractivity contribution in [3.8, 4) is 11.1 Å². The number of carbonyl (C=O) groups is 3. The summed E-state index contributed by atoms with van der Waals surface area (Å²) in [6, 6.07) is 16.2. The van der Waals surface area contributed by atoms with Crippen molar-refractivity contribution in [3.63, 3.8) is 0 Å². The number of benzene rings is 2. The van der Waals surface area contributed by atoms with Gasteiger partial charge in [0.05, 0.1) is 12.7 Å². The number of carbonyl (C=O) groups excluding carboxylic acids is 2. The molecule has 1 aliphatic carbocycles. The molecule has 2 N–H and O–H groups in total. The van der Waals surface area contributed by atoms with Gasteiger partial charge >= 0.3 is 12.1 Å². The molecule has 2 aromatic carbocycles. The first kappa shape index (κ1) is 22.0. The molecular formula is C23H23N5O5. The highest BCUT2D eigenvalue weighted by Gasteiger charge is 2.29. The molecule has 10 nitrogen and oxygen atoms in total.